The lowest BCUT2D eigenvalue weighted by Crippen LogP contribution is -2.19. The molecule has 1 saturated carbocycles. The third kappa shape index (κ3) is 1.09. The van der Waals surface area contributed by atoms with Crippen LogP contribution >= 0.6 is 15.9 Å². The van der Waals surface area contributed by atoms with Gasteiger partial charge in [-0.05, 0) is 36.6 Å². The van der Waals surface area contributed by atoms with Gasteiger partial charge in [0.1, 0.15) is 0 Å². The number of nitrogens with one attached hydrogen (secondary N) is 1. The Balaban J connectivity index is 2.01. The third-order valence-electron chi connectivity index (χ3n) is 3.46. The molecule has 0 spiro atoms. The Morgan fingerprint density at radius 2 is 2.38 bits per heavy atom. The maximum absolute atomic E-state index is 3.53. The molecule has 1 aromatic carbocycles. The van der Waals surface area contributed by atoms with E-state index in [2.05, 4.69) is 45.5 Å². The van der Waals surface area contributed by atoms with E-state index in [0.29, 0.717) is 5.41 Å². The highest BCUT2D eigenvalue weighted by molar-refractivity contribution is 9.10. The van der Waals surface area contributed by atoms with Gasteiger partial charge in [0.2, 0.25) is 0 Å². The van der Waals surface area contributed by atoms with Crippen molar-refractivity contribution in [1.29, 1.82) is 0 Å². The van der Waals surface area contributed by atoms with Gasteiger partial charge < -0.3 is 5.32 Å². The molecule has 2 fully saturated rings. The van der Waals surface area contributed by atoms with Gasteiger partial charge in [-0.1, -0.05) is 28.1 Å². The van der Waals surface area contributed by atoms with Gasteiger partial charge in [-0.2, -0.15) is 0 Å². The average Bonchev–Trinajstić information content (AvgIpc) is 2.70. The highest BCUT2D eigenvalue weighted by atomic mass is 79.9. The normalized spacial score (nSPS) is 35.9. The monoisotopic (exact) mass is 237 g/mol. The molecule has 0 bridgehead atoms. The van der Waals surface area contributed by atoms with Crippen LogP contribution in [0.25, 0.3) is 0 Å². The van der Waals surface area contributed by atoms with Crippen LogP contribution in [0.15, 0.2) is 28.7 Å². The van der Waals surface area contributed by atoms with E-state index in [0.717, 1.165) is 5.92 Å². The molecule has 2 atom stereocenters. The minimum absolute atomic E-state index is 0.504. The number of rotatable bonds is 1. The van der Waals surface area contributed by atoms with E-state index < -0.39 is 0 Å². The second-order valence-electron chi connectivity index (χ2n) is 4.20. The molecule has 1 saturated heterocycles. The summed E-state index contributed by atoms with van der Waals surface area (Å²) in [4.78, 5) is 0. The number of halogens is 1. The molecule has 0 aromatic heterocycles. The molecule has 13 heavy (non-hydrogen) atoms. The molecule has 1 nitrogen and oxygen atoms in total. The molecule has 1 aromatic rings. The summed E-state index contributed by atoms with van der Waals surface area (Å²) in [7, 11) is 0. The first-order valence-corrected chi connectivity index (χ1v) is 5.57. The maximum Gasteiger partial charge on any atom is 0.0178 e. The number of benzene rings is 1. The highest BCUT2D eigenvalue weighted by Crippen LogP contribution is 2.56. The predicted molar refractivity (Wildman–Crippen MR) is 56.8 cm³/mol. The fourth-order valence-electron chi connectivity index (χ4n) is 2.59. The van der Waals surface area contributed by atoms with E-state index in [4.69, 9.17) is 0 Å². The number of hydrogen-bond acceptors (Lipinski definition) is 1. The zero-order valence-corrected chi connectivity index (χ0v) is 8.97. The molecule has 1 aliphatic carbocycles. The second kappa shape index (κ2) is 2.58. The van der Waals surface area contributed by atoms with E-state index in [-0.39, 0.29) is 0 Å². The van der Waals surface area contributed by atoms with E-state index >= 15 is 0 Å². The zero-order valence-electron chi connectivity index (χ0n) is 7.39. The zero-order chi connectivity index (χ0) is 8.89. The first-order valence-electron chi connectivity index (χ1n) is 4.78. The van der Waals surface area contributed by atoms with Gasteiger partial charge in [-0.15, -0.1) is 0 Å². The molecule has 0 unspecified atom stereocenters. The summed E-state index contributed by atoms with van der Waals surface area (Å²) in [6, 6.07) is 8.77. The van der Waals surface area contributed by atoms with Gasteiger partial charge in [0.15, 0.2) is 0 Å². The Morgan fingerprint density at radius 3 is 3.00 bits per heavy atom. The smallest absolute Gasteiger partial charge is 0.0178 e. The molecular weight excluding hydrogens is 226 g/mol. The molecule has 2 heteroatoms. The third-order valence-corrected chi connectivity index (χ3v) is 3.96. The maximum atomic E-state index is 3.53. The molecule has 0 radical (unpaired) electrons. The van der Waals surface area contributed by atoms with Gasteiger partial charge in [-0.25, -0.2) is 0 Å². The minimum Gasteiger partial charge on any atom is -0.316 e. The number of fused-ring (bicyclic) bond motifs is 1. The molecule has 0 amide bonds. The van der Waals surface area contributed by atoms with E-state index in [1.54, 1.807) is 0 Å². The van der Waals surface area contributed by atoms with Gasteiger partial charge in [-0.3, -0.25) is 0 Å². The molecule has 68 valence electrons. The second-order valence-corrected chi connectivity index (χ2v) is 5.11. The molecule has 3 rings (SSSR count). The lowest BCUT2D eigenvalue weighted by atomic mass is 9.95. The van der Waals surface area contributed by atoms with Crippen molar-refractivity contribution in [1.82, 2.24) is 5.32 Å². The predicted octanol–water partition coefficient (Wildman–Crippen LogP) is 2.31. The van der Waals surface area contributed by atoms with Crippen LogP contribution in [0.5, 0.6) is 0 Å². The van der Waals surface area contributed by atoms with Crippen molar-refractivity contribution >= 4 is 15.9 Å². The first kappa shape index (κ1) is 8.01. The van der Waals surface area contributed by atoms with E-state index in [1.807, 2.05) is 0 Å². The van der Waals surface area contributed by atoms with Crippen molar-refractivity contribution in [3.63, 3.8) is 0 Å². The Hall–Kier alpha value is -0.340. The average molecular weight is 238 g/mol. The lowest BCUT2D eigenvalue weighted by Gasteiger charge is -2.12. The number of hydrogen-bond donors (Lipinski definition) is 1. The van der Waals surface area contributed by atoms with Crippen molar-refractivity contribution in [3.05, 3.63) is 34.3 Å². The quantitative estimate of drug-likeness (QED) is 0.791. The van der Waals surface area contributed by atoms with Crippen LogP contribution in [0.3, 0.4) is 0 Å². The van der Waals surface area contributed by atoms with E-state index in [9.17, 15) is 0 Å². The topological polar surface area (TPSA) is 12.0 Å². The highest BCUT2D eigenvalue weighted by Gasteiger charge is 2.57. The summed E-state index contributed by atoms with van der Waals surface area (Å²) < 4.78 is 1.21. The molecule has 2 aliphatic rings. The van der Waals surface area contributed by atoms with Gasteiger partial charge in [0.05, 0.1) is 0 Å². The Labute approximate surface area is 86.7 Å². The van der Waals surface area contributed by atoms with Crippen molar-refractivity contribution in [3.8, 4) is 0 Å². The Bertz CT molecular complexity index is 350. The fourth-order valence-corrected chi connectivity index (χ4v) is 2.99. The molecular formula is C11H12BrN. The Kier molecular flexibility index (Phi) is 1.59. The Morgan fingerprint density at radius 1 is 1.46 bits per heavy atom. The van der Waals surface area contributed by atoms with Crippen LogP contribution in [0.4, 0.5) is 0 Å². The van der Waals surface area contributed by atoms with Crippen LogP contribution in [0.2, 0.25) is 0 Å². The fraction of sp³-hybridized carbons (Fsp3) is 0.455. The van der Waals surface area contributed by atoms with Gasteiger partial charge in [0, 0.05) is 16.4 Å². The molecule has 1 aliphatic heterocycles. The van der Waals surface area contributed by atoms with Crippen molar-refractivity contribution < 1.29 is 0 Å². The number of piperidine rings is 1. The van der Waals surface area contributed by atoms with Crippen molar-refractivity contribution in [2.45, 2.75) is 11.8 Å². The first-order chi connectivity index (χ1) is 6.31. The SMILES string of the molecule is Brc1cccc([C@@]23CNC[C@H]2C3)c1. The largest absolute Gasteiger partial charge is 0.316 e. The summed E-state index contributed by atoms with van der Waals surface area (Å²) in [6.45, 7) is 2.39. The minimum atomic E-state index is 0.504. The van der Waals surface area contributed by atoms with Crippen molar-refractivity contribution in [2.24, 2.45) is 5.92 Å². The van der Waals surface area contributed by atoms with Crippen molar-refractivity contribution in [2.75, 3.05) is 13.1 Å². The summed E-state index contributed by atoms with van der Waals surface area (Å²) in [5.74, 6) is 0.904. The van der Waals surface area contributed by atoms with Crippen LogP contribution in [0.1, 0.15) is 12.0 Å². The van der Waals surface area contributed by atoms with Crippen LogP contribution in [-0.4, -0.2) is 13.1 Å². The molecule has 1 N–H and O–H groups in total. The van der Waals surface area contributed by atoms with Crippen LogP contribution in [-0.2, 0) is 5.41 Å². The van der Waals surface area contributed by atoms with E-state index in [1.165, 1.54) is 29.5 Å². The standard InChI is InChI=1S/C11H12BrN/c12-10-3-1-2-8(4-10)11-5-9(11)6-13-7-11/h1-4,9,13H,5-7H2/t9-,11-/m1/s1. The van der Waals surface area contributed by atoms with Gasteiger partial charge in [0.25, 0.3) is 0 Å². The van der Waals surface area contributed by atoms with Crippen LogP contribution < -0.4 is 5.32 Å². The summed E-state index contributed by atoms with van der Waals surface area (Å²) >= 11 is 3.53. The lowest BCUT2D eigenvalue weighted by molar-refractivity contribution is 0.675. The summed E-state index contributed by atoms with van der Waals surface area (Å²) in [5, 5.41) is 3.47. The summed E-state index contributed by atoms with van der Waals surface area (Å²) in [5.41, 5.74) is 2.01. The van der Waals surface area contributed by atoms with Crippen LogP contribution in [0, 0.1) is 5.92 Å². The van der Waals surface area contributed by atoms with Gasteiger partial charge >= 0.3 is 0 Å². The summed E-state index contributed by atoms with van der Waals surface area (Å²) in [6.07, 6.45) is 1.39. The molecule has 1 heterocycles.